The third-order valence-corrected chi connectivity index (χ3v) is 5.25. The molecule has 3 N–H and O–H groups in total. The van der Waals surface area contributed by atoms with Crippen molar-refractivity contribution in [3.8, 4) is 11.3 Å². The summed E-state index contributed by atoms with van der Waals surface area (Å²) in [4.78, 5) is 23.2. The molecule has 150 valence electrons. The number of nitrogens with zero attached hydrogens (tertiary/aromatic N) is 2. The summed E-state index contributed by atoms with van der Waals surface area (Å²) in [5, 5.41) is 18.5. The molecule has 0 unspecified atom stereocenters. The number of fused-ring (bicyclic) bond motifs is 3. The molecule has 2 aliphatic rings. The fraction of sp³-hybridized carbons (Fsp3) is 0.526. The zero-order valence-electron chi connectivity index (χ0n) is 15.8. The van der Waals surface area contributed by atoms with E-state index in [1.807, 2.05) is 13.1 Å². The van der Waals surface area contributed by atoms with Crippen LogP contribution in [0.4, 0.5) is 4.79 Å². The van der Waals surface area contributed by atoms with Gasteiger partial charge in [-0.1, -0.05) is 0 Å². The van der Waals surface area contributed by atoms with E-state index in [-0.39, 0.29) is 18.6 Å². The van der Waals surface area contributed by atoms with Crippen molar-refractivity contribution in [3.63, 3.8) is 0 Å². The van der Waals surface area contributed by atoms with Gasteiger partial charge in [0.05, 0.1) is 18.3 Å². The number of carbonyl (C=O) groups is 2. The lowest BCUT2D eigenvalue weighted by atomic mass is 9.93. The summed E-state index contributed by atoms with van der Waals surface area (Å²) in [5.41, 5.74) is 3.57. The second-order valence-corrected chi connectivity index (χ2v) is 7.20. The number of carbonyl (C=O) groups excluding carboxylic acids is 1. The number of ether oxygens (including phenoxy) is 1. The van der Waals surface area contributed by atoms with E-state index in [1.165, 1.54) is 0 Å². The van der Waals surface area contributed by atoms with Crippen LogP contribution in [-0.2, 0) is 24.1 Å². The fourth-order valence-electron chi connectivity index (χ4n) is 3.86. The van der Waals surface area contributed by atoms with Crippen molar-refractivity contribution < 1.29 is 23.8 Å². The molecule has 28 heavy (non-hydrogen) atoms. The summed E-state index contributed by atoms with van der Waals surface area (Å²) in [6.45, 7) is 3.84. The van der Waals surface area contributed by atoms with Crippen LogP contribution in [0.3, 0.4) is 0 Å². The molecule has 1 aliphatic heterocycles. The number of hydrogen-bond donors (Lipinski definition) is 3. The summed E-state index contributed by atoms with van der Waals surface area (Å²) in [7, 11) is 0. The number of hydrogen-bond acceptors (Lipinski definition) is 5. The van der Waals surface area contributed by atoms with E-state index in [0.717, 1.165) is 54.0 Å². The SMILES string of the molecule is Cc1c(C(=O)NC[C@@H]2CCCO2)oc2c1-c1nn(CCNC(=O)O)cc1CC2. The van der Waals surface area contributed by atoms with Crippen molar-refractivity contribution in [3.05, 3.63) is 28.8 Å². The van der Waals surface area contributed by atoms with Gasteiger partial charge in [-0.2, -0.15) is 5.10 Å². The van der Waals surface area contributed by atoms with Gasteiger partial charge in [-0.3, -0.25) is 9.48 Å². The number of nitrogens with one attached hydrogen (secondary N) is 2. The number of furan rings is 1. The summed E-state index contributed by atoms with van der Waals surface area (Å²) in [5.74, 6) is 0.883. The number of amides is 2. The molecule has 9 heteroatoms. The van der Waals surface area contributed by atoms with Crippen molar-refractivity contribution >= 4 is 12.0 Å². The molecule has 0 radical (unpaired) electrons. The van der Waals surface area contributed by atoms with E-state index < -0.39 is 6.09 Å². The Morgan fingerprint density at radius 2 is 2.21 bits per heavy atom. The molecule has 0 spiro atoms. The highest BCUT2D eigenvalue weighted by molar-refractivity contribution is 5.95. The van der Waals surface area contributed by atoms with Gasteiger partial charge in [0.2, 0.25) is 0 Å². The lowest BCUT2D eigenvalue weighted by Gasteiger charge is -2.10. The Balaban J connectivity index is 1.50. The normalized spacial score (nSPS) is 17.8. The molecule has 4 rings (SSSR count). The molecule has 9 nitrogen and oxygen atoms in total. The third-order valence-electron chi connectivity index (χ3n) is 5.25. The molecular weight excluding hydrogens is 364 g/mol. The first-order valence-electron chi connectivity index (χ1n) is 9.58. The first-order valence-corrected chi connectivity index (χ1v) is 9.58. The van der Waals surface area contributed by atoms with Crippen LogP contribution in [0.2, 0.25) is 0 Å². The highest BCUT2D eigenvalue weighted by Gasteiger charge is 2.30. The largest absolute Gasteiger partial charge is 0.465 e. The maximum absolute atomic E-state index is 12.6. The number of aryl methyl sites for hydroxylation is 2. The molecule has 0 aromatic carbocycles. The Hall–Kier alpha value is -2.81. The molecule has 0 saturated carbocycles. The van der Waals surface area contributed by atoms with Gasteiger partial charge in [0.1, 0.15) is 5.76 Å². The predicted octanol–water partition coefficient (Wildman–Crippen LogP) is 1.73. The van der Waals surface area contributed by atoms with Gasteiger partial charge in [-0.05, 0) is 31.7 Å². The highest BCUT2D eigenvalue weighted by Crippen LogP contribution is 2.38. The van der Waals surface area contributed by atoms with Crippen LogP contribution in [-0.4, -0.2) is 52.7 Å². The quantitative estimate of drug-likeness (QED) is 0.693. The van der Waals surface area contributed by atoms with E-state index >= 15 is 0 Å². The van der Waals surface area contributed by atoms with E-state index in [2.05, 4.69) is 15.7 Å². The maximum Gasteiger partial charge on any atom is 0.404 e. The van der Waals surface area contributed by atoms with Crippen LogP contribution in [0.5, 0.6) is 0 Å². The van der Waals surface area contributed by atoms with Crippen LogP contribution in [0.25, 0.3) is 11.3 Å². The van der Waals surface area contributed by atoms with Gasteiger partial charge in [0.25, 0.3) is 5.91 Å². The van der Waals surface area contributed by atoms with E-state index in [4.69, 9.17) is 14.3 Å². The smallest absolute Gasteiger partial charge is 0.404 e. The van der Waals surface area contributed by atoms with Gasteiger partial charge in [-0.15, -0.1) is 0 Å². The second-order valence-electron chi connectivity index (χ2n) is 7.20. The van der Waals surface area contributed by atoms with Gasteiger partial charge in [-0.25, -0.2) is 4.79 Å². The lowest BCUT2D eigenvalue weighted by molar-refractivity contribution is 0.0833. The minimum atomic E-state index is -1.05. The van der Waals surface area contributed by atoms with E-state index in [9.17, 15) is 9.59 Å². The van der Waals surface area contributed by atoms with Gasteiger partial charge in [0.15, 0.2) is 5.76 Å². The standard InChI is InChI=1S/C19H24N4O5/c1-11-15-14(28-17(11)18(24)21-9-13-3-2-8-27-13)5-4-12-10-23(22-16(12)15)7-6-20-19(25)26/h10,13,20H,2-9H2,1H3,(H,21,24)(H,25,26)/t13-/m0/s1. The molecule has 3 heterocycles. The Kier molecular flexibility index (Phi) is 5.08. The second kappa shape index (κ2) is 7.67. The topological polar surface area (TPSA) is 119 Å². The van der Waals surface area contributed by atoms with Crippen LogP contribution >= 0.6 is 0 Å². The number of carboxylic acid groups (broad SMARTS) is 1. The average molecular weight is 388 g/mol. The van der Waals surface area contributed by atoms with Crippen molar-refractivity contribution in [1.82, 2.24) is 20.4 Å². The molecule has 1 fully saturated rings. The monoisotopic (exact) mass is 388 g/mol. The fourth-order valence-corrected chi connectivity index (χ4v) is 3.86. The first-order chi connectivity index (χ1) is 13.5. The van der Waals surface area contributed by atoms with Crippen LogP contribution in [0.1, 0.15) is 40.3 Å². The summed E-state index contributed by atoms with van der Waals surface area (Å²) < 4.78 is 13.2. The Bertz CT molecular complexity index is 895. The van der Waals surface area contributed by atoms with Crippen molar-refractivity contribution in [1.29, 1.82) is 0 Å². The molecule has 2 aromatic rings. The highest BCUT2D eigenvalue weighted by atomic mass is 16.5. The molecular formula is C19H24N4O5. The van der Waals surface area contributed by atoms with Crippen LogP contribution in [0, 0.1) is 6.92 Å². The predicted molar refractivity (Wildman–Crippen MR) is 99.4 cm³/mol. The molecule has 1 saturated heterocycles. The minimum Gasteiger partial charge on any atom is -0.465 e. The lowest BCUT2D eigenvalue weighted by Crippen LogP contribution is -2.31. The molecule has 2 amide bonds. The molecule has 2 aromatic heterocycles. The summed E-state index contributed by atoms with van der Waals surface area (Å²) >= 11 is 0. The van der Waals surface area contributed by atoms with Crippen LogP contribution in [0.15, 0.2) is 10.6 Å². The minimum absolute atomic E-state index is 0.0792. The van der Waals surface area contributed by atoms with Crippen molar-refractivity contribution in [2.24, 2.45) is 0 Å². The van der Waals surface area contributed by atoms with Crippen molar-refractivity contribution in [2.45, 2.75) is 45.3 Å². The van der Waals surface area contributed by atoms with Gasteiger partial charge in [0, 0.05) is 43.4 Å². The van der Waals surface area contributed by atoms with Crippen molar-refractivity contribution in [2.75, 3.05) is 19.7 Å². The van der Waals surface area contributed by atoms with Crippen LogP contribution < -0.4 is 10.6 Å². The Morgan fingerprint density at radius 3 is 2.96 bits per heavy atom. The number of aromatic nitrogens is 2. The Labute approximate surface area is 162 Å². The van der Waals surface area contributed by atoms with E-state index in [1.54, 1.807) is 4.68 Å². The molecule has 0 bridgehead atoms. The zero-order chi connectivity index (χ0) is 19.7. The summed E-state index contributed by atoms with van der Waals surface area (Å²) in [6.07, 6.45) is 4.44. The zero-order valence-corrected chi connectivity index (χ0v) is 15.8. The number of rotatable bonds is 6. The molecule has 1 atom stereocenters. The average Bonchev–Trinajstić information content (AvgIpc) is 3.37. The first kappa shape index (κ1) is 18.5. The molecule has 1 aliphatic carbocycles. The van der Waals surface area contributed by atoms with E-state index in [0.29, 0.717) is 25.3 Å². The summed E-state index contributed by atoms with van der Waals surface area (Å²) in [6, 6.07) is 0. The maximum atomic E-state index is 12.6. The Morgan fingerprint density at radius 1 is 1.36 bits per heavy atom. The van der Waals surface area contributed by atoms with Gasteiger partial charge < -0.3 is 24.9 Å². The third kappa shape index (κ3) is 3.62. The van der Waals surface area contributed by atoms with Gasteiger partial charge >= 0.3 is 6.09 Å².